The molecule has 1 aromatic carbocycles. The molecule has 0 bridgehead atoms. The molecule has 84 valence electrons. The lowest BCUT2D eigenvalue weighted by Gasteiger charge is -2.07. The summed E-state index contributed by atoms with van der Waals surface area (Å²) < 4.78 is 5.39. The van der Waals surface area contributed by atoms with Crippen LogP contribution in [0.1, 0.15) is 12.5 Å². The van der Waals surface area contributed by atoms with Crippen LogP contribution in [-0.4, -0.2) is 6.61 Å². The highest BCUT2D eigenvalue weighted by Crippen LogP contribution is 2.16. The van der Waals surface area contributed by atoms with E-state index >= 15 is 0 Å². The Morgan fingerprint density at radius 3 is 2.62 bits per heavy atom. The van der Waals surface area contributed by atoms with E-state index in [0.29, 0.717) is 6.61 Å². The summed E-state index contributed by atoms with van der Waals surface area (Å²) in [6, 6.07) is 10.2. The molecular formula is C13H15NOS. The third kappa shape index (κ3) is 3.00. The summed E-state index contributed by atoms with van der Waals surface area (Å²) in [7, 11) is 0. The molecule has 2 aromatic rings. The fourth-order valence-corrected chi connectivity index (χ4v) is 2.10. The third-order valence-corrected chi connectivity index (χ3v) is 2.97. The first kappa shape index (κ1) is 11.0. The van der Waals surface area contributed by atoms with Crippen molar-refractivity contribution in [1.82, 2.24) is 0 Å². The Hall–Kier alpha value is -1.48. The number of thiophene rings is 1. The molecule has 2 nitrogen and oxygen atoms in total. The minimum absolute atomic E-state index is 0.710. The fourth-order valence-electron chi connectivity index (χ4n) is 1.43. The van der Waals surface area contributed by atoms with Gasteiger partial charge >= 0.3 is 0 Å². The monoisotopic (exact) mass is 233 g/mol. The van der Waals surface area contributed by atoms with Crippen molar-refractivity contribution < 1.29 is 4.74 Å². The smallest absolute Gasteiger partial charge is 0.119 e. The number of ether oxygens (including phenoxy) is 1. The van der Waals surface area contributed by atoms with Gasteiger partial charge in [0.15, 0.2) is 0 Å². The molecule has 16 heavy (non-hydrogen) atoms. The lowest BCUT2D eigenvalue weighted by molar-refractivity contribution is 0.340. The molecule has 0 radical (unpaired) electrons. The van der Waals surface area contributed by atoms with Gasteiger partial charge in [-0.15, -0.1) is 0 Å². The lowest BCUT2D eigenvalue weighted by Crippen LogP contribution is -1.98. The van der Waals surface area contributed by atoms with Crippen LogP contribution in [0.15, 0.2) is 41.1 Å². The summed E-state index contributed by atoms with van der Waals surface area (Å²) in [6.45, 7) is 3.57. The number of hydrogen-bond donors (Lipinski definition) is 1. The maximum atomic E-state index is 5.39. The molecule has 0 aliphatic carbocycles. The van der Waals surface area contributed by atoms with E-state index in [2.05, 4.69) is 22.1 Å². The first-order valence-corrected chi connectivity index (χ1v) is 6.30. The molecule has 0 fully saturated rings. The van der Waals surface area contributed by atoms with Crippen molar-refractivity contribution in [2.45, 2.75) is 13.5 Å². The van der Waals surface area contributed by atoms with Crippen LogP contribution in [0, 0.1) is 0 Å². The van der Waals surface area contributed by atoms with Gasteiger partial charge in [-0.2, -0.15) is 11.3 Å². The van der Waals surface area contributed by atoms with Gasteiger partial charge in [-0.3, -0.25) is 0 Å². The Morgan fingerprint density at radius 1 is 1.19 bits per heavy atom. The Kier molecular flexibility index (Phi) is 3.83. The van der Waals surface area contributed by atoms with Crippen molar-refractivity contribution in [3.8, 4) is 5.75 Å². The molecule has 0 saturated carbocycles. The van der Waals surface area contributed by atoms with Gasteiger partial charge in [0.1, 0.15) is 5.75 Å². The van der Waals surface area contributed by atoms with Crippen molar-refractivity contribution in [1.29, 1.82) is 0 Å². The Bertz CT molecular complexity index is 408. The van der Waals surface area contributed by atoms with E-state index in [-0.39, 0.29) is 0 Å². The molecule has 0 saturated heterocycles. The molecule has 0 spiro atoms. The standard InChI is InChI=1S/C13H15NOS/c1-2-15-13-5-3-12(4-6-13)14-9-11-7-8-16-10-11/h3-8,10,14H,2,9H2,1H3. The molecule has 2 rings (SSSR count). The Morgan fingerprint density at radius 2 is 2.00 bits per heavy atom. The zero-order valence-corrected chi connectivity index (χ0v) is 10.1. The predicted molar refractivity (Wildman–Crippen MR) is 69.3 cm³/mol. The van der Waals surface area contributed by atoms with Crippen LogP contribution in [0.2, 0.25) is 0 Å². The van der Waals surface area contributed by atoms with Crippen LogP contribution >= 0.6 is 11.3 Å². The van der Waals surface area contributed by atoms with E-state index in [1.54, 1.807) is 11.3 Å². The van der Waals surface area contributed by atoms with Gasteiger partial charge in [-0.25, -0.2) is 0 Å². The van der Waals surface area contributed by atoms with E-state index < -0.39 is 0 Å². The second-order valence-electron chi connectivity index (χ2n) is 3.44. The summed E-state index contributed by atoms with van der Waals surface area (Å²) in [5.41, 5.74) is 2.44. The average Bonchev–Trinajstić information content (AvgIpc) is 2.82. The Labute approximate surface area is 99.9 Å². The molecule has 1 N–H and O–H groups in total. The summed E-state index contributed by atoms with van der Waals surface area (Å²) in [4.78, 5) is 0. The van der Waals surface area contributed by atoms with Gasteiger partial charge < -0.3 is 10.1 Å². The molecule has 0 aliphatic rings. The number of nitrogens with one attached hydrogen (secondary N) is 1. The van der Waals surface area contributed by atoms with Gasteiger partial charge in [0, 0.05) is 12.2 Å². The number of hydrogen-bond acceptors (Lipinski definition) is 3. The van der Waals surface area contributed by atoms with E-state index in [0.717, 1.165) is 18.0 Å². The van der Waals surface area contributed by atoms with Crippen LogP contribution in [0.4, 0.5) is 5.69 Å². The molecular weight excluding hydrogens is 218 g/mol. The zero-order chi connectivity index (χ0) is 11.2. The minimum atomic E-state index is 0.710. The Balaban J connectivity index is 1.90. The van der Waals surface area contributed by atoms with Crippen LogP contribution in [0.3, 0.4) is 0 Å². The number of rotatable bonds is 5. The van der Waals surface area contributed by atoms with Crippen LogP contribution in [0.25, 0.3) is 0 Å². The molecule has 0 unspecified atom stereocenters. The SMILES string of the molecule is CCOc1ccc(NCc2ccsc2)cc1. The van der Waals surface area contributed by atoms with Crippen molar-refractivity contribution in [2.75, 3.05) is 11.9 Å². The highest BCUT2D eigenvalue weighted by atomic mass is 32.1. The highest BCUT2D eigenvalue weighted by molar-refractivity contribution is 7.07. The largest absolute Gasteiger partial charge is 0.494 e. The van der Waals surface area contributed by atoms with Crippen LogP contribution in [0.5, 0.6) is 5.75 Å². The molecule has 1 aromatic heterocycles. The van der Waals surface area contributed by atoms with E-state index in [1.807, 2.05) is 31.2 Å². The maximum Gasteiger partial charge on any atom is 0.119 e. The van der Waals surface area contributed by atoms with Gasteiger partial charge in [-0.05, 0) is 53.6 Å². The van der Waals surface area contributed by atoms with Gasteiger partial charge in [0.2, 0.25) is 0 Å². The topological polar surface area (TPSA) is 21.3 Å². The average molecular weight is 233 g/mol. The van der Waals surface area contributed by atoms with Crippen molar-refractivity contribution in [2.24, 2.45) is 0 Å². The number of anilines is 1. The molecule has 0 amide bonds. The quantitative estimate of drug-likeness (QED) is 0.849. The van der Waals surface area contributed by atoms with E-state index in [1.165, 1.54) is 5.56 Å². The first-order chi connectivity index (χ1) is 7.88. The predicted octanol–water partition coefficient (Wildman–Crippen LogP) is 3.76. The summed E-state index contributed by atoms with van der Waals surface area (Å²) in [6.07, 6.45) is 0. The fraction of sp³-hybridized carbons (Fsp3) is 0.231. The first-order valence-electron chi connectivity index (χ1n) is 5.36. The maximum absolute atomic E-state index is 5.39. The zero-order valence-electron chi connectivity index (χ0n) is 9.27. The van der Waals surface area contributed by atoms with Gasteiger partial charge in [0.25, 0.3) is 0 Å². The van der Waals surface area contributed by atoms with Crippen molar-refractivity contribution in [3.05, 3.63) is 46.7 Å². The van der Waals surface area contributed by atoms with Gasteiger partial charge in [0.05, 0.1) is 6.61 Å². The van der Waals surface area contributed by atoms with Crippen LogP contribution < -0.4 is 10.1 Å². The summed E-state index contributed by atoms with van der Waals surface area (Å²) in [5.74, 6) is 0.920. The van der Waals surface area contributed by atoms with Crippen molar-refractivity contribution in [3.63, 3.8) is 0 Å². The molecule has 0 atom stereocenters. The van der Waals surface area contributed by atoms with E-state index in [9.17, 15) is 0 Å². The second-order valence-corrected chi connectivity index (χ2v) is 4.22. The normalized spacial score (nSPS) is 10.1. The summed E-state index contributed by atoms with van der Waals surface area (Å²) in [5, 5.41) is 7.61. The van der Waals surface area contributed by atoms with Gasteiger partial charge in [-0.1, -0.05) is 0 Å². The summed E-state index contributed by atoms with van der Waals surface area (Å²) >= 11 is 1.72. The van der Waals surface area contributed by atoms with E-state index in [4.69, 9.17) is 4.74 Å². The number of benzene rings is 1. The molecule has 1 heterocycles. The van der Waals surface area contributed by atoms with Crippen LogP contribution in [-0.2, 0) is 6.54 Å². The second kappa shape index (κ2) is 5.56. The minimum Gasteiger partial charge on any atom is -0.494 e. The molecule has 3 heteroatoms. The highest BCUT2D eigenvalue weighted by Gasteiger charge is 1.95. The van der Waals surface area contributed by atoms with Crippen molar-refractivity contribution >= 4 is 17.0 Å². The lowest BCUT2D eigenvalue weighted by atomic mass is 10.3. The molecule has 0 aliphatic heterocycles. The third-order valence-electron chi connectivity index (χ3n) is 2.24.